The molecule has 0 radical (unpaired) electrons. The molecular weight excluding hydrogens is 489 g/mol. The Labute approximate surface area is 230 Å². The third kappa shape index (κ3) is 9.27. The van der Waals surface area contributed by atoms with Crippen molar-refractivity contribution in [3.05, 3.63) is 150 Å². The Morgan fingerprint density at radius 3 is 2.46 bits per heavy atom. The lowest BCUT2D eigenvalue weighted by molar-refractivity contribution is -0.114. The average molecular weight is 524 g/mol. The summed E-state index contributed by atoms with van der Waals surface area (Å²) in [7, 11) is 0. The molecule has 3 rings (SSSR count). The molecule has 1 unspecified atom stereocenters. The van der Waals surface area contributed by atoms with Crippen molar-refractivity contribution in [2.24, 2.45) is 5.92 Å². The average Bonchev–Trinajstić information content (AvgIpc) is 2.97. The van der Waals surface area contributed by atoms with Gasteiger partial charge in [-0.2, -0.15) is 0 Å². The van der Waals surface area contributed by atoms with Gasteiger partial charge in [-0.05, 0) is 48.9 Å². The van der Waals surface area contributed by atoms with Crippen LogP contribution in [0.25, 0.3) is 5.76 Å². The number of benzene rings is 2. The summed E-state index contributed by atoms with van der Waals surface area (Å²) in [6, 6.07) is 21.4. The van der Waals surface area contributed by atoms with Gasteiger partial charge in [0.1, 0.15) is 23.2 Å². The van der Waals surface area contributed by atoms with Gasteiger partial charge in [0.05, 0.1) is 6.54 Å². The molecule has 2 aromatic carbocycles. The Balaban J connectivity index is 1.80. The number of allylic oxidation sites excluding steroid dienone is 4. The van der Waals surface area contributed by atoms with Crippen LogP contribution in [-0.2, 0) is 16.1 Å². The third-order valence-electron chi connectivity index (χ3n) is 5.90. The van der Waals surface area contributed by atoms with E-state index in [4.69, 9.17) is 4.74 Å². The second-order valence-corrected chi connectivity index (χ2v) is 8.86. The Kier molecular flexibility index (Phi) is 11.0. The molecule has 0 saturated carbocycles. The van der Waals surface area contributed by atoms with Crippen LogP contribution >= 0.6 is 0 Å². The van der Waals surface area contributed by atoms with E-state index in [9.17, 15) is 9.18 Å². The number of hydrogen-bond acceptors (Lipinski definition) is 5. The normalized spacial score (nSPS) is 12.8. The molecule has 5 nitrogen and oxygen atoms in total. The van der Waals surface area contributed by atoms with E-state index < -0.39 is 0 Å². The number of pyridine rings is 1. The number of ether oxygens (including phenoxy) is 1. The predicted molar refractivity (Wildman–Crippen MR) is 157 cm³/mol. The van der Waals surface area contributed by atoms with Gasteiger partial charge in [-0.25, -0.2) is 9.37 Å². The maximum atomic E-state index is 13.2. The highest BCUT2D eigenvalue weighted by Crippen LogP contribution is 2.26. The predicted octanol–water partition coefficient (Wildman–Crippen LogP) is 7.22. The van der Waals surface area contributed by atoms with Gasteiger partial charge in [0, 0.05) is 35.5 Å². The number of aromatic nitrogens is 1. The second-order valence-electron chi connectivity index (χ2n) is 8.86. The summed E-state index contributed by atoms with van der Waals surface area (Å²) in [5.74, 6) is 0.926. The number of nitrogens with one attached hydrogen (secondary N) is 2. The van der Waals surface area contributed by atoms with Crippen LogP contribution in [0.15, 0.2) is 133 Å². The highest BCUT2D eigenvalue weighted by molar-refractivity contribution is 5.98. The first-order valence-electron chi connectivity index (χ1n) is 12.7. The molecule has 1 heterocycles. The molecule has 0 spiro atoms. The van der Waals surface area contributed by atoms with Crippen LogP contribution in [0, 0.1) is 11.7 Å². The summed E-state index contributed by atoms with van der Waals surface area (Å²) in [6.07, 6.45) is 9.05. The molecule has 1 atom stereocenters. The van der Waals surface area contributed by atoms with Gasteiger partial charge in [0.15, 0.2) is 5.78 Å². The molecule has 0 saturated heterocycles. The first-order chi connectivity index (χ1) is 18.9. The van der Waals surface area contributed by atoms with Crippen LogP contribution in [0.1, 0.15) is 25.0 Å². The van der Waals surface area contributed by atoms with Gasteiger partial charge in [0.2, 0.25) is 0 Å². The highest BCUT2D eigenvalue weighted by atomic mass is 19.1. The summed E-state index contributed by atoms with van der Waals surface area (Å²) in [5.41, 5.74) is 3.06. The largest absolute Gasteiger partial charge is 0.461 e. The van der Waals surface area contributed by atoms with Gasteiger partial charge >= 0.3 is 0 Å². The fraction of sp³-hybridized carbons (Fsp3) is 0.152. The minimum absolute atomic E-state index is 0.0742. The molecule has 0 amide bonds. The first-order valence-corrected chi connectivity index (χ1v) is 12.7. The quantitative estimate of drug-likeness (QED) is 0.133. The van der Waals surface area contributed by atoms with Crippen LogP contribution in [0.5, 0.6) is 0 Å². The summed E-state index contributed by atoms with van der Waals surface area (Å²) in [5, 5.41) is 6.39. The molecule has 1 aromatic heterocycles. The Hall–Kier alpha value is -4.71. The summed E-state index contributed by atoms with van der Waals surface area (Å²) >= 11 is 0. The fourth-order valence-electron chi connectivity index (χ4n) is 3.68. The number of halogens is 1. The van der Waals surface area contributed by atoms with Crippen molar-refractivity contribution < 1.29 is 13.9 Å². The fourth-order valence-corrected chi connectivity index (χ4v) is 3.68. The highest BCUT2D eigenvalue weighted by Gasteiger charge is 2.19. The van der Waals surface area contributed by atoms with Crippen molar-refractivity contribution in [2.75, 3.05) is 11.9 Å². The Morgan fingerprint density at radius 1 is 1.08 bits per heavy atom. The van der Waals surface area contributed by atoms with E-state index in [1.54, 1.807) is 37.4 Å². The van der Waals surface area contributed by atoms with E-state index >= 15 is 0 Å². The van der Waals surface area contributed by atoms with Crippen molar-refractivity contribution in [1.82, 2.24) is 10.3 Å². The van der Waals surface area contributed by atoms with Gasteiger partial charge in [-0.1, -0.05) is 80.8 Å². The zero-order valence-electron chi connectivity index (χ0n) is 22.4. The molecule has 0 aliphatic heterocycles. The smallest absolute Gasteiger partial charge is 0.181 e. The number of hydrogen-bond donors (Lipinski definition) is 2. The van der Waals surface area contributed by atoms with E-state index in [0.29, 0.717) is 29.5 Å². The van der Waals surface area contributed by atoms with Crippen molar-refractivity contribution in [1.29, 1.82) is 0 Å². The van der Waals surface area contributed by atoms with Crippen LogP contribution in [0.2, 0.25) is 0 Å². The van der Waals surface area contributed by atoms with E-state index in [0.717, 1.165) is 16.8 Å². The topological polar surface area (TPSA) is 63.2 Å². The molecule has 39 heavy (non-hydrogen) atoms. The zero-order valence-corrected chi connectivity index (χ0v) is 22.4. The van der Waals surface area contributed by atoms with Crippen molar-refractivity contribution in [3.8, 4) is 0 Å². The molecule has 6 heteroatoms. The van der Waals surface area contributed by atoms with Crippen LogP contribution in [0.3, 0.4) is 0 Å². The third-order valence-corrected chi connectivity index (χ3v) is 5.90. The molecule has 3 aromatic rings. The maximum absolute atomic E-state index is 13.2. The Bertz CT molecular complexity index is 1340. The zero-order chi connectivity index (χ0) is 28.0. The van der Waals surface area contributed by atoms with Crippen LogP contribution < -0.4 is 10.6 Å². The van der Waals surface area contributed by atoms with E-state index in [1.165, 1.54) is 12.1 Å². The summed E-state index contributed by atoms with van der Waals surface area (Å²) in [6.45, 7) is 12.2. The lowest BCUT2D eigenvalue weighted by atomic mass is 10.0. The lowest BCUT2D eigenvalue weighted by Gasteiger charge is -2.19. The van der Waals surface area contributed by atoms with Gasteiger partial charge in [0.25, 0.3) is 0 Å². The molecule has 0 aliphatic carbocycles. The first kappa shape index (κ1) is 28.9. The number of Topliss-reactive ketones (excluding diaryl/α,β-unsaturated/α-hetero) is 1. The Morgan fingerprint density at radius 2 is 1.79 bits per heavy atom. The molecule has 200 valence electrons. The number of nitrogens with zero attached hydrogens (tertiary/aromatic N) is 1. The van der Waals surface area contributed by atoms with Crippen molar-refractivity contribution in [2.45, 2.75) is 20.4 Å². The maximum Gasteiger partial charge on any atom is 0.181 e. The molecule has 0 fully saturated rings. The number of ketones is 1. The van der Waals surface area contributed by atoms with E-state index in [1.807, 2.05) is 67.6 Å². The molecule has 0 aliphatic rings. The minimum Gasteiger partial charge on any atom is -0.461 e. The van der Waals surface area contributed by atoms with E-state index in [-0.39, 0.29) is 24.1 Å². The second kappa shape index (κ2) is 14.9. The molecular formula is C33H34FN3O2. The lowest BCUT2D eigenvalue weighted by Crippen LogP contribution is -2.18. The number of rotatable bonds is 14. The summed E-state index contributed by atoms with van der Waals surface area (Å²) < 4.78 is 19.5. The number of anilines is 1. The van der Waals surface area contributed by atoms with Gasteiger partial charge < -0.3 is 15.4 Å². The van der Waals surface area contributed by atoms with Crippen molar-refractivity contribution >= 4 is 17.4 Å². The molecule has 0 bridgehead atoms. The van der Waals surface area contributed by atoms with Gasteiger partial charge in [-0.15, -0.1) is 0 Å². The van der Waals surface area contributed by atoms with Crippen molar-refractivity contribution in [3.63, 3.8) is 0 Å². The SMILES string of the molecule is C=C/C=C(\C=C/C(C)/C(OC(=C)c1ccccc1)=C(/C)C(=O)CNc1ccccn1)NCc1ccc(F)cc1. The standard InChI is InChI=1S/C33H34FN3O2/c1-5-11-30(36-22-27-16-18-29(34)19-17-27)20-15-24(2)33(39-26(4)28-12-7-6-8-13-28)25(3)31(38)23-37-32-14-9-10-21-35-32/h5-21,24,36H,1,4,22-23H2,2-3H3,(H,35,37)/b20-15-,30-11+,33-25+. The summed E-state index contributed by atoms with van der Waals surface area (Å²) in [4.78, 5) is 17.4. The molecule has 2 N–H and O–H groups in total. The number of carbonyl (C=O) groups excluding carboxylic acids is 1. The number of carbonyl (C=O) groups is 1. The monoisotopic (exact) mass is 523 g/mol. The van der Waals surface area contributed by atoms with Crippen LogP contribution in [-0.4, -0.2) is 17.3 Å². The van der Waals surface area contributed by atoms with Crippen LogP contribution in [0.4, 0.5) is 10.2 Å². The van der Waals surface area contributed by atoms with E-state index in [2.05, 4.69) is 28.8 Å². The van der Waals surface area contributed by atoms with Gasteiger partial charge in [-0.3, -0.25) is 4.79 Å². The minimum atomic E-state index is -0.272.